The van der Waals surface area contributed by atoms with Gasteiger partial charge in [-0.15, -0.1) is 0 Å². The number of nitrogens with zero attached hydrogens (tertiary/aromatic N) is 2. The molecular weight excluding hydrogens is 290 g/mol. The smallest absolute Gasteiger partial charge is 0.360 e. The van der Waals surface area contributed by atoms with E-state index in [1.807, 2.05) is 13.1 Å². The Morgan fingerprint density at radius 2 is 2.00 bits per heavy atom. The van der Waals surface area contributed by atoms with E-state index in [-0.39, 0.29) is 17.2 Å². The van der Waals surface area contributed by atoms with Crippen LogP contribution in [0.25, 0.3) is 0 Å². The number of carboxylic acids is 1. The van der Waals surface area contributed by atoms with E-state index in [4.69, 9.17) is 5.73 Å². The minimum Gasteiger partial charge on any atom is -0.477 e. The standard InChI is InChI=1S/C18H31N3O2/c1-3-4-5-6-7-8-9-10-11-12-17-20-13-14-21(17,16(2)19)15-18(22)23/h4-5,13-14,16H,3,6-12,15,19H2,1-2H3/p+1/b5-4+. The number of carboxylic acid groups (broad SMARTS) is 1. The minimum absolute atomic E-state index is 0.0310. The second kappa shape index (κ2) is 10.3. The van der Waals surface area contributed by atoms with Gasteiger partial charge in [-0.2, -0.15) is 0 Å². The summed E-state index contributed by atoms with van der Waals surface area (Å²) in [5.41, 5.74) is 6.05. The van der Waals surface area contributed by atoms with Crippen molar-refractivity contribution in [2.24, 2.45) is 10.7 Å². The van der Waals surface area contributed by atoms with Gasteiger partial charge in [0.15, 0.2) is 6.54 Å². The van der Waals surface area contributed by atoms with E-state index < -0.39 is 5.97 Å². The van der Waals surface area contributed by atoms with Crippen molar-refractivity contribution in [3.63, 3.8) is 0 Å². The van der Waals surface area contributed by atoms with Crippen molar-refractivity contribution >= 4 is 11.8 Å². The molecule has 0 saturated heterocycles. The molecule has 23 heavy (non-hydrogen) atoms. The van der Waals surface area contributed by atoms with Gasteiger partial charge in [0.2, 0.25) is 5.84 Å². The Kier molecular flexibility index (Phi) is 8.81. The molecule has 0 spiro atoms. The van der Waals surface area contributed by atoms with E-state index in [1.165, 1.54) is 25.7 Å². The highest BCUT2D eigenvalue weighted by Crippen LogP contribution is 2.23. The molecule has 5 nitrogen and oxygen atoms in total. The molecule has 0 fully saturated rings. The maximum absolute atomic E-state index is 11.2. The quantitative estimate of drug-likeness (QED) is 0.326. The van der Waals surface area contributed by atoms with Crippen LogP contribution >= 0.6 is 0 Å². The highest BCUT2D eigenvalue weighted by atomic mass is 16.4. The number of hydrogen-bond donors (Lipinski definition) is 2. The molecule has 1 aliphatic heterocycles. The van der Waals surface area contributed by atoms with Crippen LogP contribution in [-0.4, -0.2) is 34.1 Å². The summed E-state index contributed by atoms with van der Waals surface area (Å²) in [6.07, 6.45) is 16.7. The highest BCUT2D eigenvalue weighted by Gasteiger charge is 2.40. The first kappa shape index (κ1) is 19.6. The van der Waals surface area contributed by atoms with Crippen LogP contribution in [0.2, 0.25) is 0 Å². The summed E-state index contributed by atoms with van der Waals surface area (Å²) in [4.78, 5) is 15.6. The fraction of sp³-hybridized carbons (Fsp3) is 0.667. The van der Waals surface area contributed by atoms with E-state index in [9.17, 15) is 9.90 Å². The normalized spacial score (nSPS) is 21.8. The van der Waals surface area contributed by atoms with Gasteiger partial charge < -0.3 is 5.11 Å². The van der Waals surface area contributed by atoms with E-state index in [0.717, 1.165) is 31.5 Å². The Morgan fingerprint density at radius 1 is 1.30 bits per heavy atom. The van der Waals surface area contributed by atoms with Crippen LogP contribution in [0.3, 0.4) is 0 Å². The van der Waals surface area contributed by atoms with Gasteiger partial charge >= 0.3 is 5.97 Å². The Hall–Kier alpha value is -1.46. The van der Waals surface area contributed by atoms with Crippen molar-refractivity contribution in [3.8, 4) is 0 Å². The average molecular weight is 322 g/mol. The van der Waals surface area contributed by atoms with Gasteiger partial charge in [-0.1, -0.05) is 38.3 Å². The highest BCUT2D eigenvalue weighted by molar-refractivity contribution is 5.81. The maximum Gasteiger partial charge on any atom is 0.360 e. The summed E-state index contributed by atoms with van der Waals surface area (Å²) in [5.74, 6) is 0.0370. The Morgan fingerprint density at radius 3 is 2.65 bits per heavy atom. The number of aliphatic carboxylic acids is 1. The van der Waals surface area contributed by atoms with Crippen LogP contribution in [-0.2, 0) is 4.79 Å². The van der Waals surface area contributed by atoms with Gasteiger partial charge in [0.1, 0.15) is 12.4 Å². The number of unbranched alkanes of at least 4 members (excludes halogenated alkanes) is 5. The molecule has 0 amide bonds. The van der Waals surface area contributed by atoms with Crippen LogP contribution in [0.4, 0.5) is 0 Å². The minimum atomic E-state index is -0.846. The number of nitrogens with two attached hydrogens (primary N) is 1. The molecule has 3 N–H and O–H groups in total. The zero-order chi connectivity index (χ0) is 17.1. The van der Waals surface area contributed by atoms with E-state index in [0.29, 0.717) is 0 Å². The van der Waals surface area contributed by atoms with Crippen LogP contribution < -0.4 is 5.73 Å². The number of hydrogen-bond acceptors (Lipinski definition) is 3. The maximum atomic E-state index is 11.2. The average Bonchev–Trinajstić information content (AvgIpc) is 2.89. The molecule has 0 radical (unpaired) electrons. The third-order valence-electron chi connectivity index (χ3n) is 4.33. The molecule has 2 atom stereocenters. The lowest BCUT2D eigenvalue weighted by atomic mass is 10.1. The topological polar surface area (TPSA) is 75.7 Å². The molecule has 0 aromatic rings. The Labute approximate surface area is 140 Å². The number of carbonyl (C=O) groups is 1. The molecule has 5 heteroatoms. The van der Waals surface area contributed by atoms with Crippen molar-refractivity contribution in [3.05, 3.63) is 24.6 Å². The fourth-order valence-corrected chi connectivity index (χ4v) is 2.95. The molecule has 1 aliphatic rings. The molecule has 130 valence electrons. The van der Waals surface area contributed by atoms with Gasteiger partial charge in [0.05, 0.1) is 6.20 Å². The Bertz CT molecular complexity index is 455. The van der Waals surface area contributed by atoms with Crippen LogP contribution in [0.5, 0.6) is 0 Å². The molecule has 0 aromatic heterocycles. The summed E-state index contributed by atoms with van der Waals surface area (Å²) in [6.45, 7) is 3.97. The molecule has 2 unspecified atom stereocenters. The van der Waals surface area contributed by atoms with E-state index in [1.54, 1.807) is 6.20 Å². The Balaban J connectivity index is 2.31. The summed E-state index contributed by atoms with van der Waals surface area (Å²) in [5, 5.41) is 9.17. The predicted octanol–water partition coefficient (Wildman–Crippen LogP) is 3.77. The SMILES string of the molecule is CC/C=C/CCCCCCCC1=NC=C[N+]1(CC(=O)O)C(C)N. The summed E-state index contributed by atoms with van der Waals surface area (Å²) >= 11 is 0. The molecule has 1 rings (SSSR count). The lowest BCUT2D eigenvalue weighted by molar-refractivity contribution is -0.805. The monoisotopic (exact) mass is 322 g/mol. The zero-order valence-electron chi connectivity index (χ0n) is 14.6. The van der Waals surface area contributed by atoms with Crippen molar-refractivity contribution in [1.29, 1.82) is 0 Å². The molecule has 0 bridgehead atoms. The second-order valence-electron chi connectivity index (χ2n) is 6.25. The van der Waals surface area contributed by atoms with Crippen LogP contribution in [0.15, 0.2) is 29.5 Å². The summed E-state index contributed by atoms with van der Waals surface area (Å²) in [7, 11) is 0. The van der Waals surface area contributed by atoms with Gasteiger partial charge in [0.25, 0.3) is 0 Å². The first-order valence-electron chi connectivity index (χ1n) is 8.77. The molecule has 1 heterocycles. The van der Waals surface area contributed by atoms with Gasteiger partial charge in [0, 0.05) is 13.3 Å². The van der Waals surface area contributed by atoms with Gasteiger partial charge in [-0.25, -0.2) is 14.3 Å². The third kappa shape index (κ3) is 6.28. The largest absolute Gasteiger partial charge is 0.477 e. The lowest BCUT2D eigenvalue weighted by Crippen LogP contribution is -2.59. The number of rotatable bonds is 12. The first-order chi connectivity index (χ1) is 11.0. The molecular formula is C18H32N3O2+. The lowest BCUT2D eigenvalue weighted by Gasteiger charge is -2.34. The number of allylic oxidation sites excluding steroid dienone is 2. The molecule has 0 saturated carbocycles. The van der Waals surface area contributed by atoms with Crippen molar-refractivity contribution < 1.29 is 14.4 Å². The second-order valence-corrected chi connectivity index (χ2v) is 6.25. The molecule has 0 aromatic carbocycles. The van der Waals surface area contributed by atoms with Crippen LogP contribution in [0.1, 0.15) is 65.2 Å². The summed E-state index contributed by atoms with van der Waals surface area (Å²) < 4.78 is 0.164. The zero-order valence-corrected chi connectivity index (χ0v) is 14.6. The number of quaternary nitrogens is 1. The van der Waals surface area contributed by atoms with Gasteiger partial charge in [-0.3, -0.25) is 5.73 Å². The third-order valence-corrected chi connectivity index (χ3v) is 4.33. The van der Waals surface area contributed by atoms with Gasteiger partial charge in [-0.05, 0) is 25.7 Å². The van der Waals surface area contributed by atoms with Crippen molar-refractivity contribution in [1.82, 2.24) is 0 Å². The first-order valence-corrected chi connectivity index (χ1v) is 8.77. The van der Waals surface area contributed by atoms with Crippen molar-refractivity contribution in [2.75, 3.05) is 6.54 Å². The van der Waals surface area contributed by atoms with Crippen molar-refractivity contribution in [2.45, 2.75) is 71.4 Å². The summed E-state index contributed by atoms with van der Waals surface area (Å²) in [6, 6.07) is 0. The van der Waals surface area contributed by atoms with Crippen LogP contribution in [0, 0.1) is 0 Å². The molecule has 0 aliphatic carbocycles. The number of amidine groups is 1. The predicted molar refractivity (Wildman–Crippen MR) is 94.7 cm³/mol. The van der Waals surface area contributed by atoms with E-state index >= 15 is 0 Å². The van der Waals surface area contributed by atoms with E-state index in [2.05, 4.69) is 24.1 Å². The number of aliphatic imine (C=N–C) groups is 1. The fourth-order valence-electron chi connectivity index (χ4n) is 2.95.